The fraction of sp³-hybridized carbons (Fsp3) is 0.857. The topological polar surface area (TPSA) is 72.5 Å². The summed E-state index contributed by atoms with van der Waals surface area (Å²) >= 11 is 0. The van der Waals surface area contributed by atoms with E-state index in [1.54, 1.807) is 0 Å². The number of hydrogen-bond acceptors (Lipinski definition) is 4. The van der Waals surface area contributed by atoms with Gasteiger partial charge in [0.05, 0.1) is 6.10 Å². The fourth-order valence-electron chi connectivity index (χ4n) is 0.517. The second-order valence-corrected chi connectivity index (χ2v) is 2.89. The van der Waals surface area contributed by atoms with Crippen molar-refractivity contribution in [3.05, 3.63) is 0 Å². The van der Waals surface area contributed by atoms with E-state index in [9.17, 15) is 18.0 Å². The summed E-state index contributed by atoms with van der Waals surface area (Å²) in [6, 6.07) is -1.46. The molecule has 7 heteroatoms. The van der Waals surface area contributed by atoms with Crippen LogP contribution in [0.25, 0.3) is 0 Å². The van der Waals surface area contributed by atoms with E-state index >= 15 is 0 Å². The molecule has 0 bridgehead atoms. The lowest BCUT2D eigenvalue weighted by Crippen LogP contribution is -2.44. The van der Waals surface area contributed by atoms with E-state index in [2.05, 4.69) is 4.74 Å². The van der Waals surface area contributed by atoms with Crippen LogP contribution in [0.2, 0.25) is 0 Å². The average molecular weight is 216 g/mol. The number of alkyl halides is 3. The Morgan fingerprint density at radius 1 is 1.50 bits per heavy atom. The third-order valence-corrected chi connectivity index (χ3v) is 1.55. The van der Waals surface area contributed by atoms with Crippen molar-refractivity contribution in [2.45, 2.75) is 38.3 Å². The summed E-state index contributed by atoms with van der Waals surface area (Å²) in [5.74, 6) is -1.27. The van der Waals surface area contributed by atoms with Crippen LogP contribution in [0, 0.1) is 0 Å². The predicted octanol–water partition coefficient (Wildman–Crippen LogP) is 0.301. The number of hydrogen-bond donors (Lipinski definition) is 2. The summed E-state index contributed by atoms with van der Waals surface area (Å²) in [6.07, 6.45) is -8.09. The maximum atomic E-state index is 11.9. The van der Waals surface area contributed by atoms with Gasteiger partial charge in [-0.15, -0.1) is 0 Å². The van der Waals surface area contributed by atoms with Gasteiger partial charge >= 0.3 is 13.6 Å². The molecule has 0 fully saturated rings. The first kappa shape index (κ1) is 13.2. The smallest absolute Gasteiger partial charge is 0.452 e. The number of halogens is 3. The molecule has 84 valence electrons. The molecule has 0 saturated carbocycles. The average Bonchev–Trinajstić information content (AvgIpc) is 2.00. The van der Waals surface area contributed by atoms with Gasteiger partial charge in [0.2, 0.25) is 0 Å². The first-order valence-corrected chi connectivity index (χ1v) is 3.87. The van der Waals surface area contributed by atoms with Crippen LogP contribution in [0.4, 0.5) is 13.2 Å². The molecule has 0 radical (unpaired) electrons. The molecule has 0 amide bonds. The third-order valence-electron chi connectivity index (χ3n) is 1.55. The first-order valence-electron chi connectivity index (χ1n) is 3.87. The fourth-order valence-corrected chi connectivity index (χ4v) is 0.517. The van der Waals surface area contributed by atoms with Gasteiger partial charge in [0.25, 0.3) is 0 Å². The molecule has 0 saturated heterocycles. The van der Waals surface area contributed by atoms with E-state index in [-0.39, 0.29) is 1.43 Å². The van der Waals surface area contributed by atoms with E-state index in [0.29, 0.717) is 6.92 Å². The van der Waals surface area contributed by atoms with Crippen molar-refractivity contribution in [2.75, 3.05) is 0 Å². The van der Waals surface area contributed by atoms with Crippen LogP contribution in [0.3, 0.4) is 0 Å². The van der Waals surface area contributed by atoms with Crippen LogP contribution in [0.15, 0.2) is 0 Å². The SMILES string of the molecule is C[C@H](OC(=O)[C@@H](N)[C@@H](C)O)C(F)(F)F.[H+]. The molecular formula is C7H13F3NO3+. The third kappa shape index (κ3) is 3.93. The minimum atomic E-state index is -4.62. The minimum absolute atomic E-state index is 0. The highest BCUT2D eigenvalue weighted by Crippen LogP contribution is 2.22. The first-order chi connectivity index (χ1) is 6.16. The van der Waals surface area contributed by atoms with Gasteiger partial charge in [0, 0.05) is 0 Å². The van der Waals surface area contributed by atoms with Crippen LogP contribution in [0.5, 0.6) is 0 Å². The molecule has 0 aliphatic carbocycles. The Kier molecular flexibility index (Phi) is 4.34. The van der Waals surface area contributed by atoms with Crippen LogP contribution >= 0.6 is 0 Å². The van der Waals surface area contributed by atoms with Gasteiger partial charge in [-0.3, -0.25) is 4.79 Å². The summed E-state index contributed by atoms with van der Waals surface area (Å²) in [4.78, 5) is 10.8. The number of aliphatic hydroxyl groups excluding tert-OH is 1. The second-order valence-electron chi connectivity index (χ2n) is 2.89. The van der Waals surface area contributed by atoms with Crippen LogP contribution in [-0.4, -0.2) is 35.5 Å². The molecule has 0 unspecified atom stereocenters. The monoisotopic (exact) mass is 216 g/mol. The molecule has 0 aliphatic heterocycles. The van der Waals surface area contributed by atoms with Crippen molar-refractivity contribution >= 4 is 5.97 Å². The van der Waals surface area contributed by atoms with Crippen molar-refractivity contribution in [1.29, 1.82) is 0 Å². The Morgan fingerprint density at radius 2 is 1.93 bits per heavy atom. The number of aliphatic hydroxyl groups is 1. The summed E-state index contributed by atoms with van der Waals surface area (Å²) in [7, 11) is 0. The summed E-state index contributed by atoms with van der Waals surface area (Å²) in [6.45, 7) is 1.87. The van der Waals surface area contributed by atoms with Gasteiger partial charge in [0.15, 0.2) is 6.10 Å². The lowest BCUT2D eigenvalue weighted by molar-refractivity contribution is -0.217. The van der Waals surface area contributed by atoms with Crippen molar-refractivity contribution in [1.82, 2.24) is 0 Å². The Morgan fingerprint density at radius 3 is 2.21 bits per heavy atom. The Labute approximate surface area is 80.3 Å². The van der Waals surface area contributed by atoms with E-state index in [0.717, 1.165) is 0 Å². The van der Waals surface area contributed by atoms with Crippen molar-refractivity contribution < 1.29 is 29.2 Å². The van der Waals surface area contributed by atoms with E-state index in [1.165, 1.54) is 6.92 Å². The number of rotatable bonds is 3. The van der Waals surface area contributed by atoms with Gasteiger partial charge < -0.3 is 15.6 Å². The molecule has 4 nitrogen and oxygen atoms in total. The zero-order chi connectivity index (χ0) is 11.5. The highest BCUT2D eigenvalue weighted by Gasteiger charge is 2.40. The van der Waals surface area contributed by atoms with Gasteiger partial charge in [-0.1, -0.05) is 0 Å². The lowest BCUT2D eigenvalue weighted by atomic mass is 10.2. The summed E-state index contributed by atoms with van der Waals surface area (Å²) in [5.41, 5.74) is 5.06. The van der Waals surface area contributed by atoms with E-state index in [1.807, 2.05) is 0 Å². The Balaban J connectivity index is 0. The van der Waals surface area contributed by atoms with Crippen LogP contribution in [-0.2, 0) is 9.53 Å². The Bertz CT molecular complexity index is 210. The molecule has 0 rings (SSSR count). The molecule has 3 atom stereocenters. The van der Waals surface area contributed by atoms with Crippen molar-refractivity contribution in [3.8, 4) is 0 Å². The van der Waals surface area contributed by atoms with Gasteiger partial charge in [-0.05, 0) is 13.8 Å². The van der Waals surface area contributed by atoms with Crippen molar-refractivity contribution in [3.63, 3.8) is 0 Å². The lowest BCUT2D eigenvalue weighted by Gasteiger charge is -2.19. The van der Waals surface area contributed by atoms with Crippen LogP contribution in [0.1, 0.15) is 15.3 Å². The molecule has 0 aromatic carbocycles. The zero-order valence-electron chi connectivity index (χ0n) is 8.71. The number of carbonyl (C=O) groups is 1. The van der Waals surface area contributed by atoms with Gasteiger partial charge in [0.1, 0.15) is 6.04 Å². The van der Waals surface area contributed by atoms with Crippen LogP contribution < -0.4 is 5.73 Å². The van der Waals surface area contributed by atoms with Gasteiger partial charge in [-0.2, -0.15) is 13.2 Å². The molecule has 0 aromatic heterocycles. The molecule has 3 N–H and O–H groups in total. The quantitative estimate of drug-likeness (QED) is 0.665. The molecule has 0 aliphatic rings. The minimum Gasteiger partial charge on any atom is -0.452 e. The number of carbonyl (C=O) groups excluding carboxylic acids is 1. The maximum absolute atomic E-state index is 11.9. The number of nitrogens with two attached hydrogens (primary N) is 1. The molecular weight excluding hydrogens is 203 g/mol. The molecule has 14 heavy (non-hydrogen) atoms. The van der Waals surface area contributed by atoms with E-state index in [4.69, 9.17) is 10.8 Å². The molecule has 0 spiro atoms. The van der Waals surface area contributed by atoms with E-state index < -0.39 is 30.4 Å². The Hall–Kier alpha value is -0.820. The van der Waals surface area contributed by atoms with Crippen molar-refractivity contribution in [2.24, 2.45) is 5.73 Å². The highest BCUT2D eigenvalue weighted by molar-refractivity contribution is 5.76. The standard InChI is InChI=1S/C7H12F3NO3/c1-3(12)5(11)6(13)14-4(2)7(8,9)10/h3-5,12H,11H2,1-2H3/p+1/t3-,4+,5+/m1/s1. The predicted molar refractivity (Wildman–Crippen MR) is 42.4 cm³/mol. The zero-order valence-corrected chi connectivity index (χ0v) is 7.71. The largest absolute Gasteiger partial charge is 1.00 e. The molecule has 0 aromatic rings. The normalized spacial score (nSPS) is 18.5. The second kappa shape index (κ2) is 4.61. The number of esters is 1. The summed E-state index contributed by atoms with van der Waals surface area (Å²) < 4.78 is 39.7. The number of ether oxygens (including phenoxy) is 1. The maximum Gasteiger partial charge on any atom is 1.00 e. The molecule has 0 heterocycles. The van der Waals surface area contributed by atoms with Gasteiger partial charge in [-0.25, -0.2) is 0 Å². The highest BCUT2D eigenvalue weighted by atomic mass is 19.4. The summed E-state index contributed by atoms with van der Waals surface area (Å²) in [5, 5.41) is 8.80.